The number of ether oxygens (including phenoxy) is 1. The summed E-state index contributed by atoms with van der Waals surface area (Å²) >= 11 is 11.7. The molecule has 0 fully saturated rings. The van der Waals surface area contributed by atoms with Crippen molar-refractivity contribution in [1.82, 2.24) is 9.88 Å². The summed E-state index contributed by atoms with van der Waals surface area (Å²) in [6, 6.07) is 1.58. The lowest BCUT2D eigenvalue weighted by Gasteiger charge is -2.19. The minimum atomic E-state index is 0.350. The average molecular weight is 305 g/mol. The smallest absolute Gasteiger partial charge is 0.232 e. The molecule has 0 aliphatic heterocycles. The van der Waals surface area contributed by atoms with Gasteiger partial charge in [0.15, 0.2) is 5.96 Å². The van der Waals surface area contributed by atoms with Gasteiger partial charge in [-0.15, -0.1) is 0 Å². The first-order chi connectivity index (χ1) is 9.08. The molecule has 5 nitrogen and oxygen atoms in total. The number of aliphatic imine (C=N–C) groups is 1. The van der Waals surface area contributed by atoms with Gasteiger partial charge in [0.05, 0.1) is 11.6 Å². The number of rotatable bonds is 6. The molecule has 0 aliphatic carbocycles. The summed E-state index contributed by atoms with van der Waals surface area (Å²) in [6.45, 7) is 6.52. The van der Waals surface area contributed by atoms with Gasteiger partial charge in [0, 0.05) is 19.3 Å². The number of nitrogens with two attached hydrogens (primary N) is 1. The highest BCUT2D eigenvalue weighted by Crippen LogP contribution is 2.24. The summed E-state index contributed by atoms with van der Waals surface area (Å²) < 4.78 is 5.41. The van der Waals surface area contributed by atoms with Crippen molar-refractivity contribution in [3.8, 4) is 5.88 Å². The van der Waals surface area contributed by atoms with Crippen molar-refractivity contribution < 1.29 is 4.74 Å². The molecule has 7 heteroatoms. The first-order valence-electron chi connectivity index (χ1n) is 6.07. The van der Waals surface area contributed by atoms with E-state index < -0.39 is 0 Å². The predicted molar refractivity (Wildman–Crippen MR) is 79.2 cm³/mol. The monoisotopic (exact) mass is 304 g/mol. The summed E-state index contributed by atoms with van der Waals surface area (Å²) in [5.41, 5.74) is 5.83. The van der Waals surface area contributed by atoms with E-state index >= 15 is 0 Å². The molecule has 2 N–H and O–H groups in total. The quantitative estimate of drug-likeness (QED) is 0.498. The predicted octanol–water partition coefficient (Wildman–Crippen LogP) is 2.42. The van der Waals surface area contributed by atoms with Gasteiger partial charge in [-0.1, -0.05) is 23.2 Å². The Bertz CT molecular complexity index is 436. The standard InChI is InChI=1S/C12H18Cl2N4O/c1-3-18(4-2)12(15)16-5-6-19-11-10(14)7-9(13)8-17-11/h7-8H,3-6H2,1-2H3,(H2,15,16). The highest BCUT2D eigenvalue weighted by Gasteiger charge is 2.04. The fraction of sp³-hybridized carbons (Fsp3) is 0.500. The van der Waals surface area contributed by atoms with Crippen LogP contribution in [0.25, 0.3) is 0 Å². The Morgan fingerprint density at radius 2 is 2.11 bits per heavy atom. The van der Waals surface area contributed by atoms with Crippen LogP contribution in [0.4, 0.5) is 0 Å². The molecule has 0 saturated carbocycles. The van der Waals surface area contributed by atoms with E-state index in [9.17, 15) is 0 Å². The molecule has 1 heterocycles. The third-order valence-electron chi connectivity index (χ3n) is 2.47. The van der Waals surface area contributed by atoms with Gasteiger partial charge in [-0.3, -0.25) is 0 Å². The average Bonchev–Trinajstić information content (AvgIpc) is 2.38. The number of pyridine rings is 1. The van der Waals surface area contributed by atoms with E-state index in [1.54, 1.807) is 6.07 Å². The fourth-order valence-electron chi connectivity index (χ4n) is 1.46. The molecular weight excluding hydrogens is 287 g/mol. The molecule has 1 rings (SSSR count). The van der Waals surface area contributed by atoms with Gasteiger partial charge >= 0.3 is 0 Å². The zero-order valence-electron chi connectivity index (χ0n) is 11.1. The summed E-state index contributed by atoms with van der Waals surface area (Å²) in [5.74, 6) is 0.867. The van der Waals surface area contributed by atoms with Gasteiger partial charge in [0.25, 0.3) is 0 Å². The molecule has 0 amide bonds. The third kappa shape index (κ3) is 5.12. The van der Waals surface area contributed by atoms with Crippen LogP contribution in [0.15, 0.2) is 17.3 Å². The van der Waals surface area contributed by atoms with Crippen LogP contribution in [0.5, 0.6) is 5.88 Å². The van der Waals surface area contributed by atoms with Crippen molar-refractivity contribution in [3.05, 3.63) is 22.3 Å². The van der Waals surface area contributed by atoms with Crippen molar-refractivity contribution >= 4 is 29.2 Å². The number of halogens is 2. The molecular formula is C12H18Cl2N4O. The lowest BCUT2D eigenvalue weighted by Crippen LogP contribution is -2.37. The Kier molecular flexibility index (Phi) is 6.73. The van der Waals surface area contributed by atoms with Gasteiger partial charge in [-0.25, -0.2) is 9.98 Å². The molecule has 1 aromatic rings. The van der Waals surface area contributed by atoms with Gasteiger partial charge in [-0.2, -0.15) is 0 Å². The van der Waals surface area contributed by atoms with Crippen LogP contribution in [-0.2, 0) is 0 Å². The van der Waals surface area contributed by atoms with Gasteiger partial charge in [-0.05, 0) is 19.9 Å². The molecule has 106 valence electrons. The Balaban J connectivity index is 2.44. The van der Waals surface area contributed by atoms with Gasteiger partial charge in [0.2, 0.25) is 5.88 Å². The van der Waals surface area contributed by atoms with Crippen LogP contribution in [0.1, 0.15) is 13.8 Å². The van der Waals surface area contributed by atoms with Crippen molar-refractivity contribution in [2.24, 2.45) is 10.7 Å². The molecule has 19 heavy (non-hydrogen) atoms. The first kappa shape index (κ1) is 15.9. The lowest BCUT2D eigenvalue weighted by atomic mass is 10.5. The molecule has 0 atom stereocenters. The van der Waals surface area contributed by atoms with Crippen LogP contribution >= 0.6 is 23.2 Å². The Morgan fingerprint density at radius 1 is 1.42 bits per heavy atom. The van der Waals surface area contributed by atoms with Crippen molar-refractivity contribution in [1.29, 1.82) is 0 Å². The molecule has 0 unspecified atom stereocenters. The fourth-order valence-corrected chi connectivity index (χ4v) is 1.89. The van der Waals surface area contributed by atoms with Crippen LogP contribution in [0.2, 0.25) is 10.0 Å². The van der Waals surface area contributed by atoms with Crippen molar-refractivity contribution in [3.63, 3.8) is 0 Å². The Hall–Kier alpha value is -1.20. The largest absolute Gasteiger partial charge is 0.475 e. The molecule has 0 saturated heterocycles. The summed E-state index contributed by atoms with van der Waals surface area (Å²) in [7, 11) is 0. The van der Waals surface area contributed by atoms with E-state index in [1.807, 2.05) is 18.7 Å². The summed E-state index contributed by atoms with van der Waals surface area (Å²) in [4.78, 5) is 10.2. The van der Waals surface area contributed by atoms with Crippen LogP contribution in [0, 0.1) is 0 Å². The minimum Gasteiger partial charge on any atom is -0.475 e. The summed E-state index contributed by atoms with van der Waals surface area (Å²) in [6.07, 6.45) is 1.48. The second-order valence-electron chi connectivity index (χ2n) is 3.70. The molecule has 0 aliphatic rings. The molecule has 0 aromatic carbocycles. The number of aromatic nitrogens is 1. The number of guanidine groups is 1. The number of hydrogen-bond acceptors (Lipinski definition) is 3. The van der Waals surface area contributed by atoms with Crippen molar-refractivity contribution in [2.75, 3.05) is 26.2 Å². The van der Waals surface area contributed by atoms with Crippen LogP contribution in [-0.4, -0.2) is 42.1 Å². The van der Waals surface area contributed by atoms with E-state index in [2.05, 4.69) is 9.98 Å². The van der Waals surface area contributed by atoms with E-state index in [0.717, 1.165) is 13.1 Å². The molecule has 0 spiro atoms. The van der Waals surface area contributed by atoms with E-state index in [0.29, 0.717) is 35.0 Å². The lowest BCUT2D eigenvalue weighted by molar-refractivity contribution is 0.315. The Morgan fingerprint density at radius 3 is 2.68 bits per heavy atom. The van der Waals surface area contributed by atoms with Gasteiger partial charge < -0.3 is 15.4 Å². The number of hydrogen-bond donors (Lipinski definition) is 1. The molecule has 0 bridgehead atoms. The Labute approximate surface area is 123 Å². The first-order valence-corrected chi connectivity index (χ1v) is 6.82. The zero-order chi connectivity index (χ0) is 14.3. The third-order valence-corrected chi connectivity index (χ3v) is 2.94. The second-order valence-corrected chi connectivity index (χ2v) is 4.54. The van der Waals surface area contributed by atoms with E-state index in [-0.39, 0.29) is 0 Å². The van der Waals surface area contributed by atoms with Crippen LogP contribution in [0.3, 0.4) is 0 Å². The minimum absolute atomic E-state index is 0.350. The maximum Gasteiger partial charge on any atom is 0.232 e. The highest BCUT2D eigenvalue weighted by atomic mass is 35.5. The molecule has 0 radical (unpaired) electrons. The topological polar surface area (TPSA) is 63.7 Å². The molecule has 1 aromatic heterocycles. The maximum absolute atomic E-state index is 5.93. The highest BCUT2D eigenvalue weighted by molar-refractivity contribution is 6.35. The SMILES string of the molecule is CCN(CC)C(N)=NCCOc1ncc(Cl)cc1Cl. The second kappa shape index (κ2) is 8.07. The normalized spacial score (nSPS) is 11.5. The van der Waals surface area contributed by atoms with Crippen molar-refractivity contribution in [2.45, 2.75) is 13.8 Å². The summed E-state index contributed by atoms with van der Waals surface area (Å²) in [5, 5.41) is 0.856. The van der Waals surface area contributed by atoms with Gasteiger partial charge in [0.1, 0.15) is 11.6 Å². The maximum atomic E-state index is 5.93. The number of nitrogens with zero attached hydrogens (tertiary/aromatic N) is 3. The van der Waals surface area contributed by atoms with E-state index in [4.69, 9.17) is 33.7 Å². The zero-order valence-corrected chi connectivity index (χ0v) is 12.6. The van der Waals surface area contributed by atoms with E-state index in [1.165, 1.54) is 6.20 Å². The van der Waals surface area contributed by atoms with Crippen LogP contribution < -0.4 is 10.5 Å².